The molecule has 3 aromatic rings. The van der Waals surface area contributed by atoms with Crippen LogP contribution in [0.3, 0.4) is 0 Å². The van der Waals surface area contributed by atoms with Crippen LogP contribution in [0.2, 0.25) is 0 Å². The van der Waals surface area contributed by atoms with Gasteiger partial charge in [0.2, 0.25) is 6.79 Å². The number of rotatable bonds is 4. The molecule has 148 valence electrons. The van der Waals surface area contributed by atoms with Crippen molar-refractivity contribution in [1.29, 1.82) is 0 Å². The van der Waals surface area contributed by atoms with E-state index in [0.29, 0.717) is 16.5 Å². The number of benzene rings is 2. The molecule has 0 N–H and O–H groups in total. The van der Waals surface area contributed by atoms with Gasteiger partial charge in [-0.3, -0.25) is 10.1 Å². The fraction of sp³-hybridized carbons (Fsp3) is 0.200. The first-order valence-electron chi connectivity index (χ1n) is 8.63. The number of fused-ring (bicyclic) bond motifs is 2. The maximum Gasteiger partial charge on any atom is 0.345 e. The van der Waals surface area contributed by atoms with E-state index < -0.39 is 22.2 Å². The summed E-state index contributed by atoms with van der Waals surface area (Å²) in [6.07, 6.45) is 0. The number of hydrogen-bond acceptors (Lipinski definition) is 8. The summed E-state index contributed by atoms with van der Waals surface area (Å²) < 4.78 is 20.9. The molecule has 0 bridgehead atoms. The summed E-state index contributed by atoms with van der Waals surface area (Å²) in [5.41, 5.74) is 1.31. The van der Waals surface area contributed by atoms with Crippen LogP contribution >= 0.6 is 0 Å². The average Bonchev–Trinajstić information content (AvgIpc) is 3.15. The first-order chi connectivity index (χ1) is 13.8. The van der Waals surface area contributed by atoms with E-state index in [-0.39, 0.29) is 30.5 Å². The molecule has 0 spiro atoms. The summed E-state index contributed by atoms with van der Waals surface area (Å²) in [5, 5.41) is 12.0. The molecule has 0 fully saturated rings. The van der Waals surface area contributed by atoms with Crippen LogP contribution < -0.4 is 15.1 Å². The van der Waals surface area contributed by atoms with Crippen molar-refractivity contribution in [3.05, 3.63) is 73.1 Å². The summed E-state index contributed by atoms with van der Waals surface area (Å²) in [6, 6.07) is 7.21. The summed E-state index contributed by atoms with van der Waals surface area (Å²) in [5.74, 6) is -0.509. The predicted molar refractivity (Wildman–Crippen MR) is 100 cm³/mol. The van der Waals surface area contributed by atoms with Crippen LogP contribution in [-0.2, 0) is 11.3 Å². The highest BCUT2D eigenvalue weighted by molar-refractivity contribution is 5.95. The minimum absolute atomic E-state index is 0.0878. The molecule has 4 rings (SSSR count). The van der Waals surface area contributed by atoms with E-state index in [0.717, 1.165) is 17.2 Å². The van der Waals surface area contributed by atoms with Gasteiger partial charge in [0.05, 0.1) is 11.0 Å². The minimum atomic E-state index is -0.916. The Morgan fingerprint density at radius 2 is 1.90 bits per heavy atom. The van der Waals surface area contributed by atoms with Gasteiger partial charge < -0.3 is 18.6 Å². The Labute approximate surface area is 163 Å². The number of nitro groups is 1. The van der Waals surface area contributed by atoms with Crippen molar-refractivity contribution in [2.75, 3.05) is 6.79 Å². The zero-order valence-electron chi connectivity index (χ0n) is 15.5. The zero-order chi connectivity index (χ0) is 20.7. The zero-order valence-corrected chi connectivity index (χ0v) is 15.5. The summed E-state index contributed by atoms with van der Waals surface area (Å²) >= 11 is 0. The van der Waals surface area contributed by atoms with Crippen LogP contribution in [0.5, 0.6) is 11.5 Å². The van der Waals surface area contributed by atoms with Crippen molar-refractivity contribution in [1.82, 2.24) is 0 Å². The van der Waals surface area contributed by atoms with Crippen LogP contribution in [0.1, 0.15) is 27.0 Å². The molecule has 1 aliphatic heterocycles. The van der Waals surface area contributed by atoms with Crippen LogP contribution in [0.4, 0.5) is 5.69 Å². The van der Waals surface area contributed by atoms with Gasteiger partial charge in [-0.15, -0.1) is 0 Å². The molecule has 9 nitrogen and oxygen atoms in total. The Morgan fingerprint density at radius 3 is 2.62 bits per heavy atom. The molecule has 0 amide bonds. The highest BCUT2D eigenvalue weighted by Crippen LogP contribution is 2.38. The van der Waals surface area contributed by atoms with Crippen LogP contribution in [0.25, 0.3) is 11.0 Å². The molecule has 2 heterocycles. The topological polar surface area (TPSA) is 118 Å². The molecule has 2 aromatic carbocycles. The van der Waals surface area contributed by atoms with Gasteiger partial charge >= 0.3 is 11.6 Å². The lowest BCUT2D eigenvalue weighted by Gasteiger charge is -2.10. The van der Waals surface area contributed by atoms with E-state index in [2.05, 4.69) is 0 Å². The average molecular weight is 397 g/mol. The quantitative estimate of drug-likeness (QED) is 0.284. The number of nitro benzene ring substituents is 1. The lowest BCUT2D eigenvalue weighted by atomic mass is 10.0. The largest absolute Gasteiger partial charge is 0.457 e. The minimum Gasteiger partial charge on any atom is -0.457 e. The van der Waals surface area contributed by atoms with Crippen molar-refractivity contribution in [2.45, 2.75) is 20.5 Å². The highest BCUT2D eigenvalue weighted by Gasteiger charge is 2.28. The standard InChI is InChI=1S/C20H15NO8/c1-10-3-4-13-12(5-18(22)29-19(13)11(10)2)8-26-20(23)14-6-16-17(28-9-27-16)7-15(14)21(24)25/h3-7H,8-9H2,1-2H3. The van der Waals surface area contributed by atoms with Gasteiger partial charge in [-0.25, -0.2) is 9.59 Å². The maximum atomic E-state index is 12.6. The number of hydrogen-bond donors (Lipinski definition) is 0. The normalized spacial score (nSPS) is 12.2. The van der Waals surface area contributed by atoms with Crippen molar-refractivity contribution in [3.8, 4) is 11.5 Å². The number of aryl methyl sites for hydroxylation is 2. The van der Waals surface area contributed by atoms with Crippen molar-refractivity contribution >= 4 is 22.6 Å². The monoisotopic (exact) mass is 397 g/mol. The molecule has 0 aliphatic carbocycles. The third kappa shape index (κ3) is 3.27. The van der Waals surface area contributed by atoms with Gasteiger partial charge in [0.15, 0.2) is 11.5 Å². The Kier molecular flexibility index (Phi) is 4.42. The molecular weight excluding hydrogens is 382 g/mol. The summed E-state index contributed by atoms with van der Waals surface area (Å²) in [4.78, 5) is 35.1. The Hall–Kier alpha value is -3.88. The van der Waals surface area contributed by atoms with E-state index in [1.54, 1.807) is 6.07 Å². The molecule has 9 heteroatoms. The fourth-order valence-corrected chi connectivity index (χ4v) is 3.11. The van der Waals surface area contributed by atoms with Gasteiger partial charge in [-0.2, -0.15) is 0 Å². The summed E-state index contributed by atoms with van der Waals surface area (Å²) in [7, 11) is 0. The lowest BCUT2D eigenvalue weighted by molar-refractivity contribution is -0.385. The van der Waals surface area contributed by atoms with E-state index in [1.807, 2.05) is 19.9 Å². The molecule has 0 atom stereocenters. The molecule has 0 unspecified atom stereocenters. The second-order valence-electron chi connectivity index (χ2n) is 6.53. The molecule has 0 saturated heterocycles. The highest BCUT2D eigenvalue weighted by atomic mass is 16.7. The SMILES string of the molecule is Cc1ccc2c(COC(=O)c3cc4c(cc3[N+](=O)[O-])OCO4)cc(=O)oc2c1C. The summed E-state index contributed by atoms with van der Waals surface area (Å²) in [6.45, 7) is 3.37. The van der Waals surface area contributed by atoms with Crippen molar-refractivity contribution in [3.63, 3.8) is 0 Å². The first-order valence-corrected chi connectivity index (χ1v) is 8.63. The molecule has 29 heavy (non-hydrogen) atoms. The molecular formula is C20H15NO8. The number of carbonyl (C=O) groups is 1. The van der Waals surface area contributed by atoms with Crippen molar-refractivity contribution < 1.29 is 28.3 Å². The lowest BCUT2D eigenvalue weighted by Crippen LogP contribution is -2.10. The Balaban J connectivity index is 1.67. The van der Waals surface area contributed by atoms with E-state index >= 15 is 0 Å². The molecule has 1 aromatic heterocycles. The van der Waals surface area contributed by atoms with Gasteiger partial charge in [-0.1, -0.05) is 12.1 Å². The maximum absolute atomic E-state index is 12.6. The second-order valence-corrected chi connectivity index (χ2v) is 6.53. The van der Waals surface area contributed by atoms with Crippen LogP contribution in [0.15, 0.2) is 39.5 Å². The number of ether oxygens (including phenoxy) is 3. The van der Waals surface area contributed by atoms with E-state index in [9.17, 15) is 19.7 Å². The molecule has 0 saturated carbocycles. The third-order valence-corrected chi connectivity index (χ3v) is 4.78. The number of esters is 1. The Bertz CT molecular complexity index is 1230. The van der Waals surface area contributed by atoms with Gasteiger partial charge in [0.1, 0.15) is 17.8 Å². The first kappa shape index (κ1) is 18.5. The van der Waals surface area contributed by atoms with Gasteiger partial charge in [0.25, 0.3) is 5.69 Å². The Morgan fingerprint density at radius 1 is 1.17 bits per heavy atom. The van der Waals surface area contributed by atoms with Gasteiger partial charge in [-0.05, 0) is 25.0 Å². The fourth-order valence-electron chi connectivity index (χ4n) is 3.11. The number of carbonyl (C=O) groups excluding carboxylic acids is 1. The molecule has 1 aliphatic rings. The van der Waals surface area contributed by atoms with E-state index in [4.69, 9.17) is 18.6 Å². The van der Waals surface area contributed by atoms with Crippen LogP contribution in [-0.4, -0.2) is 17.7 Å². The van der Waals surface area contributed by atoms with E-state index in [1.165, 1.54) is 12.1 Å². The molecule has 0 radical (unpaired) electrons. The number of nitrogens with zero attached hydrogens (tertiary/aromatic N) is 1. The van der Waals surface area contributed by atoms with Crippen LogP contribution in [0, 0.1) is 24.0 Å². The van der Waals surface area contributed by atoms with Crippen molar-refractivity contribution in [2.24, 2.45) is 0 Å². The third-order valence-electron chi connectivity index (χ3n) is 4.78. The predicted octanol–water partition coefficient (Wildman–Crippen LogP) is 3.40. The smallest absolute Gasteiger partial charge is 0.345 e. The second kappa shape index (κ2) is 6.93. The van der Waals surface area contributed by atoms with Gasteiger partial charge in [0, 0.05) is 23.1 Å².